The summed E-state index contributed by atoms with van der Waals surface area (Å²) < 4.78 is 16.4. The van der Waals surface area contributed by atoms with Gasteiger partial charge in [-0.3, -0.25) is 9.59 Å². The Bertz CT molecular complexity index is 1010. The second-order valence-electron chi connectivity index (χ2n) is 6.97. The van der Waals surface area contributed by atoms with E-state index in [4.69, 9.17) is 0 Å². The number of rotatable bonds is 3. The molecule has 2 aliphatic rings. The standard InChI is InChI=1S/C18H19FN4O4/c1-10(24)21-4-6-22(7-5-21)17-14(19)8-12-15(25)13(18(26)27)9-23(11-2-3-11)16(12)20-17/h8-9,11H,2-7H2,1H3,(H,26,27). The molecule has 0 spiro atoms. The number of hydrogen-bond donors (Lipinski definition) is 1. The monoisotopic (exact) mass is 374 g/mol. The number of carboxylic acid groups (broad SMARTS) is 1. The summed E-state index contributed by atoms with van der Waals surface area (Å²) in [5.74, 6) is -1.89. The second kappa shape index (κ2) is 6.33. The van der Waals surface area contributed by atoms with Gasteiger partial charge in [0.25, 0.3) is 0 Å². The minimum Gasteiger partial charge on any atom is -0.477 e. The molecule has 1 aliphatic carbocycles. The van der Waals surface area contributed by atoms with Gasteiger partial charge in [-0.2, -0.15) is 0 Å². The lowest BCUT2D eigenvalue weighted by Crippen LogP contribution is -2.48. The molecule has 27 heavy (non-hydrogen) atoms. The van der Waals surface area contributed by atoms with Crippen LogP contribution in [0, 0.1) is 5.82 Å². The zero-order valence-corrected chi connectivity index (χ0v) is 14.8. The summed E-state index contributed by atoms with van der Waals surface area (Å²) >= 11 is 0. The number of carboxylic acids is 1. The highest BCUT2D eigenvalue weighted by atomic mass is 19.1. The smallest absolute Gasteiger partial charge is 0.341 e. The van der Waals surface area contributed by atoms with Crippen LogP contribution < -0.4 is 10.3 Å². The van der Waals surface area contributed by atoms with Gasteiger partial charge in [0.1, 0.15) is 11.2 Å². The Balaban J connectivity index is 1.80. The highest BCUT2D eigenvalue weighted by Gasteiger charge is 2.29. The van der Waals surface area contributed by atoms with Gasteiger partial charge in [-0.05, 0) is 18.9 Å². The quantitative estimate of drug-likeness (QED) is 0.868. The van der Waals surface area contributed by atoms with Crippen molar-refractivity contribution in [3.05, 3.63) is 33.9 Å². The van der Waals surface area contributed by atoms with Crippen LogP contribution in [0.3, 0.4) is 0 Å². The van der Waals surface area contributed by atoms with Crippen molar-refractivity contribution in [3.63, 3.8) is 0 Å². The average molecular weight is 374 g/mol. The van der Waals surface area contributed by atoms with E-state index >= 15 is 0 Å². The van der Waals surface area contributed by atoms with Crippen molar-refractivity contribution in [3.8, 4) is 0 Å². The number of halogens is 1. The molecule has 1 aliphatic heterocycles. The third-order valence-electron chi connectivity index (χ3n) is 5.13. The number of anilines is 1. The van der Waals surface area contributed by atoms with E-state index in [1.165, 1.54) is 13.1 Å². The SMILES string of the molecule is CC(=O)N1CCN(c2nc3c(cc2F)c(=O)c(C(=O)O)cn3C2CC2)CC1. The lowest BCUT2D eigenvalue weighted by molar-refractivity contribution is -0.129. The first-order chi connectivity index (χ1) is 12.9. The molecule has 1 saturated heterocycles. The molecule has 0 aromatic carbocycles. The molecule has 2 fully saturated rings. The van der Waals surface area contributed by atoms with Gasteiger partial charge in [0.2, 0.25) is 11.3 Å². The van der Waals surface area contributed by atoms with E-state index in [9.17, 15) is 23.9 Å². The Morgan fingerprint density at radius 3 is 2.44 bits per heavy atom. The average Bonchev–Trinajstić information content (AvgIpc) is 3.47. The maximum atomic E-state index is 14.7. The van der Waals surface area contributed by atoms with Crippen LogP contribution in [0.1, 0.15) is 36.2 Å². The van der Waals surface area contributed by atoms with Crippen LogP contribution in [0.15, 0.2) is 17.1 Å². The van der Waals surface area contributed by atoms with E-state index in [0.717, 1.165) is 18.9 Å². The number of nitrogens with zero attached hydrogens (tertiary/aromatic N) is 4. The van der Waals surface area contributed by atoms with Crippen LogP contribution in [0.25, 0.3) is 11.0 Å². The van der Waals surface area contributed by atoms with E-state index in [1.807, 2.05) is 0 Å². The highest BCUT2D eigenvalue weighted by Crippen LogP contribution is 2.37. The van der Waals surface area contributed by atoms with Crippen molar-refractivity contribution < 1.29 is 19.1 Å². The summed E-state index contributed by atoms with van der Waals surface area (Å²) in [4.78, 5) is 43.2. The van der Waals surface area contributed by atoms with Crippen molar-refractivity contribution in [2.45, 2.75) is 25.8 Å². The van der Waals surface area contributed by atoms with Gasteiger partial charge in [0.05, 0.1) is 5.39 Å². The molecule has 0 atom stereocenters. The molecular formula is C18H19FN4O4. The number of hydrogen-bond acceptors (Lipinski definition) is 5. The molecule has 0 bridgehead atoms. The molecule has 4 rings (SSSR count). The van der Waals surface area contributed by atoms with Crippen molar-refractivity contribution in [1.29, 1.82) is 0 Å². The van der Waals surface area contributed by atoms with Crippen LogP contribution in [0.4, 0.5) is 10.2 Å². The summed E-state index contributed by atoms with van der Waals surface area (Å²) in [6.07, 6.45) is 3.04. The Morgan fingerprint density at radius 1 is 1.22 bits per heavy atom. The zero-order valence-electron chi connectivity index (χ0n) is 14.8. The lowest BCUT2D eigenvalue weighted by Gasteiger charge is -2.35. The minimum absolute atomic E-state index is 0.0228. The number of amides is 1. The largest absolute Gasteiger partial charge is 0.477 e. The third-order valence-corrected chi connectivity index (χ3v) is 5.13. The fourth-order valence-corrected chi connectivity index (χ4v) is 3.48. The summed E-state index contributed by atoms with van der Waals surface area (Å²) in [6.45, 7) is 3.33. The molecule has 3 heterocycles. The number of carbonyl (C=O) groups excluding carboxylic acids is 1. The number of fused-ring (bicyclic) bond motifs is 1. The van der Waals surface area contributed by atoms with Crippen LogP contribution in [0.5, 0.6) is 0 Å². The minimum atomic E-state index is -1.33. The molecule has 2 aromatic heterocycles. The fraction of sp³-hybridized carbons (Fsp3) is 0.444. The van der Waals surface area contributed by atoms with E-state index in [0.29, 0.717) is 31.8 Å². The molecule has 0 radical (unpaired) electrons. The molecule has 1 amide bonds. The van der Waals surface area contributed by atoms with Gasteiger partial charge in [-0.25, -0.2) is 14.2 Å². The molecule has 9 heteroatoms. The third kappa shape index (κ3) is 3.02. The van der Waals surface area contributed by atoms with Gasteiger partial charge < -0.3 is 19.5 Å². The molecule has 8 nitrogen and oxygen atoms in total. The first-order valence-corrected chi connectivity index (χ1v) is 8.86. The molecule has 0 unspecified atom stereocenters. The first-order valence-electron chi connectivity index (χ1n) is 8.86. The molecule has 1 N–H and O–H groups in total. The van der Waals surface area contributed by atoms with Crippen LogP contribution in [-0.4, -0.2) is 57.6 Å². The number of pyridine rings is 2. The Kier molecular flexibility index (Phi) is 4.09. The molecular weight excluding hydrogens is 355 g/mol. The normalized spacial score (nSPS) is 17.4. The number of aromatic nitrogens is 2. The van der Waals surface area contributed by atoms with Crippen LogP contribution in [-0.2, 0) is 4.79 Å². The topological polar surface area (TPSA) is 95.7 Å². The van der Waals surface area contributed by atoms with Crippen molar-refractivity contribution in [1.82, 2.24) is 14.5 Å². The summed E-state index contributed by atoms with van der Waals surface area (Å²) in [6, 6.07) is 1.16. The van der Waals surface area contributed by atoms with E-state index in [-0.39, 0.29) is 28.7 Å². The Morgan fingerprint density at radius 2 is 1.89 bits per heavy atom. The molecule has 2 aromatic rings. The summed E-state index contributed by atoms with van der Waals surface area (Å²) in [7, 11) is 0. The molecule has 142 valence electrons. The van der Waals surface area contributed by atoms with Crippen molar-refractivity contribution in [2.24, 2.45) is 0 Å². The number of aromatic carboxylic acids is 1. The second-order valence-corrected chi connectivity index (χ2v) is 6.97. The first kappa shape index (κ1) is 17.4. The predicted molar refractivity (Wildman–Crippen MR) is 95.7 cm³/mol. The maximum absolute atomic E-state index is 14.7. The Labute approximate surface area is 153 Å². The predicted octanol–water partition coefficient (Wildman–Crippen LogP) is 1.24. The van der Waals surface area contributed by atoms with Crippen LogP contribution in [0.2, 0.25) is 0 Å². The summed E-state index contributed by atoms with van der Waals surface area (Å²) in [5.41, 5.74) is -0.801. The number of piperazine rings is 1. The maximum Gasteiger partial charge on any atom is 0.341 e. The van der Waals surface area contributed by atoms with Crippen molar-refractivity contribution >= 4 is 28.7 Å². The van der Waals surface area contributed by atoms with E-state index < -0.39 is 17.2 Å². The number of carbonyl (C=O) groups is 2. The zero-order chi connectivity index (χ0) is 19.3. The van der Waals surface area contributed by atoms with Crippen molar-refractivity contribution in [2.75, 3.05) is 31.1 Å². The van der Waals surface area contributed by atoms with Gasteiger partial charge >= 0.3 is 5.97 Å². The Hall–Kier alpha value is -2.97. The van der Waals surface area contributed by atoms with E-state index in [1.54, 1.807) is 14.4 Å². The summed E-state index contributed by atoms with van der Waals surface area (Å²) in [5, 5.41) is 9.26. The van der Waals surface area contributed by atoms with E-state index in [2.05, 4.69) is 4.98 Å². The van der Waals surface area contributed by atoms with Gasteiger partial charge in [0.15, 0.2) is 11.6 Å². The lowest BCUT2D eigenvalue weighted by atomic mass is 10.1. The van der Waals surface area contributed by atoms with Crippen LogP contribution >= 0.6 is 0 Å². The van der Waals surface area contributed by atoms with Gasteiger partial charge in [-0.15, -0.1) is 0 Å². The highest BCUT2D eigenvalue weighted by molar-refractivity contribution is 5.92. The molecule has 1 saturated carbocycles. The van der Waals surface area contributed by atoms with Gasteiger partial charge in [0, 0.05) is 45.3 Å². The van der Waals surface area contributed by atoms with Gasteiger partial charge in [-0.1, -0.05) is 0 Å². The fourth-order valence-electron chi connectivity index (χ4n) is 3.48.